The molecule has 0 aromatic rings. The number of hydrogen-bond acceptors (Lipinski definition) is 1. The molecule has 0 spiro atoms. The second-order valence-electron chi connectivity index (χ2n) is 21.3. The predicted molar refractivity (Wildman–Crippen MR) is 190 cm³/mol. The van der Waals surface area contributed by atoms with E-state index >= 15 is 0 Å². The van der Waals surface area contributed by atoms with Gasteiger partial charge in [0.2, 0.25) is 0 Å². The number of allylic oxidation sites excluding steroid dienone is 2. The summed E-state index contributed by atoms with van der Waals surface area (Å²) in [6.45, 7) is 37.7. The van der Waals surface area contributed by atoms with E-state index in [2.05, 4.69) is 110 Å². The van der Waals surface area contributed by atoms with Crippen molar-refractivity contribution in [1.29, 1.82) is 0 Å². The zero-order valence-corrected chi connectivity index (χ0v) is 31.8. The van der Waals surface area contributed by atoms with E-state index in [-0.39, 0.29) is 10.8 Å². The molecule has 0 aliphatic heterocycles. The molecule has 4 fully saturated rings. The van der Waals surface area contributed by atoms with E-state index < -0.39 is 0 Å². The lowest BCUT2D eigenvalue weighted by Crippen LogP contribution is -2.53. The zero-order chi connectivity index (χ0) is 32.4. The lowest BCUT2D eigenvalue weighted by molar-refractivity contribution is 0.0153. The van der Waals surface area contributed by atoms with Crippen molar-refractivity contribution in [3.63, 3.8) is 0 Å². The van der Waals surface area contributed by atoms with Gasteiger partial charge in [0, 0.05) is 6.04 Å². The lowest BCUT2D eigenvalue weighted by atomic mass is 9.55. The fourth-order valence-corrected chi connectivity index (χ4v) is 11.5. The highest BCUT2D eigenvalue weighted by molar-refractivity contribution is 5.18. The molecule has 0 bridgehead atoms. The molecule has 11 unspecified atom stereocenters. The van der Waals surface area contributed by atoms with Gasteiger partial charge in [0.15, 0.2) is 0 Å². The molecule has 0 aromatic carbocycles. The highest BCUT2D eigenvalue weighted by Crippen LogP contribution is 2.61. The summed E-state index contributed by atoms with van der Waals surface area (Å²) < 4.78 is 0. The average molecular weight is 596 g/mol. The van der Waals surface area contributed by atoms with Gasteiger partial charge >= 0.3 is 0 Å². The maximum Gasteiger partial charge on any atom is 0.0106 e. The Labute approximate surface area is 270 Å². The van der Waals surface area contributed by atoms with Gasteiger partial charge in [-0.25, -0.2) is 0 Å². The normalized spacial score (nSPS) is 43.5. The molecule has 4 rings (SSSR count). The van der Waals surface area contributed by atoms with Crippen molar-refractivity contribution in [1.82, 2.24) is 0 Å². The van der Waals surface area contributed by atoms with Crippen LogP contribution in [0.3, 0.4) is 0 Å². The Morgan fingerprint density at radius 3 is 1.63 bits per heavy atom. The highest BCUT2D eigenvalue weighted by Gasteiger charge is 2.54. The molecule has 4 saturated carbocycles. The monoisotopic (exact) mass is 596 g/mol. The second-order valence-corrected chi connectivity index (χ2v) is 21.3. The van der Waals surface area contributed by atoms with Gasteiger partial charge in [-0.05, 0) is 144 Å². The Balaban J connectivity index is 1.68. The molecule has 0 saturated heterocycles. The van der Waals surface area contributed by atoms with Crippen LogP contribution in [0.15, 0.2) is 11.6 Å². The van der Waals surface area contributed by atoms with Gasteiger partial charge in [-0.2, -0.15) is 0 Å². The van der Waals surface area contributed by atoms with E-state index in [4.69, 9.17) is 5.73 Å². The summed E-state index contributed by atoms with van der Waals surface area (Å²) in [5.74, 6) is 9.57. The van der Waals surface area contributed by atoms with Gasteiger partial charge < -0.3 is 5.73 Å². The molecule has 1 heteroatoms. The first-order chi connectivity index (χ1) is 19.5. The van der Waals surface area contributed by atoms with Crippen LogP contribution >= 0.6 is 0 Å². The van der Waals surface area contributed by atoms with E-state index in [9.17, 15) is 0 Å². The Morgan fingerprint density at radius 2 is 1.14 bits per heavy atom. The summed E-state index contributed by atoms with van der Waals surface area (Å²) in [7, 11) is 0. The Hall–Kier alpha value is -0.300. The lowest BCUT2D eigenvalue weighted by Gasteiger charge is -2.51. The summed E-state index contributed by atoms with van der Waals surface area (Å²) >= 11 is 0. The molecule has 0 heterocycles. The molecular formula is C42H77N. The number of fused-ring (bicyclic) bond motifs is 1. The highest BCUT2D eigenvalue weighted by atomic mass is 14.7. The van der Waals surface area contributed by atoms with Crippen LogP contribution in [0.5, 0.6) is 0 Å². The van der Waals surface area contributed by atoms with Crippen LogP contribution < -0.4 is 5.73 Å². The van der Waals surface area contributed by atoms with Crippen molar-refractivity contribution < 1.29 is 0 Å². The Morgan fingerprint density at radius 1 is 0.628 bits per heavy atom. The van der Waals surface area contributed by atoms with Crippen LogP contribution in [0.1, 0.15) is 155 Å². The SMILES string of the molecule is CC(/C=C1\CCC(C(C)(C)C)CC1C1C(C)C(C)C2CCC(C(C)(C)C)CC21)C1CC(C(C)(C)C)C(N)C(C(C)(C)C)C1. The van der Waals surface area contributed by atoms with Gasteiger partial charge in [0.1, 0.15) is 0 Å². The summed E-state index contributed by atoms with van der Waals surface area (Å²) in [4.78, 5) is 0. The third kappa shape index (κ3) is 7.49. The van der Waals surface area contributed by atoms with Crippen molar-refractivity contribution >= 4 is 0 Å². The first-order valence-corrected chi connectivity index (χ1v) is 19.0. The van der Waals surface area contributed by atoms with Gasteiger partial charge in [-0.15, -0.1) is 0 Å². The molecule has 250 valence electrons. The average Bonchev–Trinajstić information content (AvgIpc) is 3.11. The van der Waals surface area contributed by atoms with Crippen LogP contribution in [0.4, 0.5) is 0 Å². The van der Waals surface area contributed by atoms with Crippen LogP contribution in [-0.4, -0.2) is 6.04 Å². The maximum atomic E-state index is 7.12. The number of hydrogen-bond donors (Lipinski definition) is 1. The van der Waals surface area contributed by atoms with E-state index in [1.807, 2.05) is 5.57 Å². The van der Waals surface area contributed by atoms with Crippen LogP contribution in [0.25, 0.3) is 0 Å². The largest absolute Gasteiger partial charge is 0.327 e. The molecule has 4 aliphatic rings. The standard InChI is InChI=1S/C42H77N/c1-25(29-21-35(41(10,11)12)38(43)36(22-29)42(13,14)15)20-28-16-17-30(39(4,5)6)23-33(28)37-27(3)26(2)32-19-18-31(24-34(32)37)40(7,8)9/h20,25-27,29-38H,16-19,21-24,43H2,1-15H3/b28-20+. The zero-order valence-electron chi connectivity index (χ0n) is 31.8. The quantitative estimate of drug-likeness (QED) is 0.323. The molecule has 11 atom stereocenters. The Kier molecular flexibility index (Phi) is 10.2. The summed E-state index contributed by atoms with van der Waals surface area (Å²) in [6.07, 6.45) is 14.1. The molecule has 4 aliphatic carbocycles. The van der Waals surface area contributed by atoms with E-state index in [0.717, 1.165) is 53.3 Å². The third-order valence-corrected chi connectivity index (χ3v) is 14.8. The first kappa shape index (κ1) is 35.6. The molecule has 0 aromatic heterocycles. The third-order valence-electron chi connectivity index (χ3n) is 14.8. The molecule has 43 heavy (non-hydrogen) atoms. The maximum absolute atomic E-state index is 7.12. The van der Waals surface area contributed by atoms with E-state index in [1.54, 1.807) is 0 Å². The van der Waals surface area contributed by atoms with Crippen molar-refractivity contribution in [3.05, 3.63) is 11.6 Å². The van der Waals surface area contributed by atoms with Crippen LogP contribution in [0.2, 0.25) is 0 Å². The van der Waals surface area contributed by atoms with Crippen LogP contribution in [0, 0.1) is 92.7 Å². The smallest absolute Gasteiger partial charge is 0.0106 e. The van der Waals surface area contributed by atoms with Crippen LogP contribution in [-0.2, 0) is 0 Å². The molecule has 2 N–H and O–H groups in total. The fraction of sp³-hybridized carbons (Fsp3) is 0.952. The van der Waals surface area contributed by atoms with Crippen molar-refractivity contribution in [2.75, 3.05) is 0 Å². The van der Waals surface area contributed by atoms with E-state index in [0.29, 0.717) is 34.6 Å². The number of rotatable bonds is 3. The Bertz CT molecular complexity index is 935. The predicted octanol–water partition coefficient (Wildman–Crippen LogP) is 12.1. The van der Waals surface area contributed by atoms with Gasteiger partial charge in [-0.1, -0.05) is 116 Å². The van der Waals surface area contributed by atoms with Gasteiger partial charge in [0.05, 0.1) is 0 Å². The van der Waals surface area contributed by atoms with Gasteiger partial charge in [-0.3, -0.25) is 0 Å². The summed E-state index contributed by atoms with van der Waals surface area (Å²) in [6, 6.07) is 0.311. The fourth-order valence-electron chi connectivity index (χ4n) is 11.5. The number of nitrogens with two attached hydrogens (primary N) is 1. The molecule has 1 nitrogen and oxygen atoms in total. The topological polar surface area (TPSA) is 26.0 Å². The minimum absolute atomic E-state index is 0.261. The second kappa shape index (κ2) is 12.4. The molecular weight excluding hydrogens is 518 g/mol. The summed E-state index contributed by atoms with van der Waals surface area (Å²) in [5, 5.41) is 0. The van der Waals surface area contributed by atoms with E-state index in [1.165, 1.54) is 51.4 Å². The van der Waals surface area contributed by atoms with Crippen molar-refractivity contribution in [2.45, 2.75) is 161 Å². The molecule has 0 amide bonds. The van der Waals surface area contributed by atoms with Crippen molar-refractivity contribution in [3.8, 4) is 0 Å². The summed E-state index contributed by atoms with van der Waals surface area (Å²) in [5.41, 5.74) is 10.4. The first-order valence-electron chi connectivity index (χ1n) is 19.0. The van der Waals surface area contributed by atoms with Crippen molar-refractivity contribution in [2.24, 2.45) is 98.4 Å². The minimum atomic E-state index is 0.261. The molecule has 0 radical (unpaired) electrons. The van der Waals surface area contributed by atoms with Gasteiger partial charge in [0.25, 0.3) is 0 Å². The minimum Gasteiger partial charge on any atom is -0.327 e.